The van der Waals surface area contributed by atoms with E-state index in [1.54, 1.807) is 24.1 Å². The van der Waals surface area contributed by atoms with Gasteiger partial charge in [0, 0.05) is 43.0 Å². The van der Waals surface area contributed by atoms with E-state index in [1.165, 1.54) is 18.3 Å². The van der Waals surface area contributed by atoms with Crippen LogP contribution in [0.25, 0.3) is 0 Å². The lowest BCUT2D eigenvalue weighted by atomic mass is 9.76. The number of pyridine rings is 2. The number of methoxy groups -OCH3 is 1. The second-order valence-electron chi connectivity index (χ2n) is 8.52. The predicted molar refractivity (Wildman–Crippen MR) is 117 cm³/mol. The SMILES string of the molecule is COc1cccc(C[C@H]2[C@H]3C[C@H](CN(C(=O)c4ncccc4F)C3)c3cccc(=O)n32)c1. The smallest absolute Gasteiger partial charge is 0.275 e. The maximum Gasteiger partial charge on any atom is 0.275 e. The number of hydrogen-bond acceptors (Lipinski definition) is 4. The minimum Gasteiger partial charge on any atom is -0.497 e. The van der Waals surface area contributed by atoms with E-state index < -0.39 is 11.7 Å². The molecule has 3 atom stereocenters. The van der Waals surface area contributed by atoms with Gasteiger partial charge in [0.1, 0.15) is 5.75 Å². The van der Waals surface area contributed by atoms with Gasteiger partial charge in [-0.3, -0.25) is 9.59 Å². The molecule has 1 fully saturated rings. The van der Waals surface area contributed by atoms with Crippen molar-refractivity contribution in [2.24, 2.45) is 5.92 Å². The first-order chi connectivity index (χ1) is 15.5. The molecule has 7 heteroatoms. The molecule has 2 aliphatic heterocycles. The number of ether oxygens (including phenoxy) is 1. The van der Waals surface area contributed by atoms with E-state index in [4.69, 9.17) is 4.74 Å². The summed E-state index contributed by atoms with van der Waals surface area (Å²) in [6.07, 6.45) is 2.96. The fourth-order valence-electron chi connectivity index (χ4n) is 5.20. The maximum absolute atomic E-state index is 14.2. The largest absolute Gasteiger partial charge is 0.497 e. The summed E-state index contributed by atoms with van der Waals surface area (Å²) in [4.78, 5) is 31.7. The van der Waals surface area contributed by atoms with Crippen molar-refractivity contribution in [3.05, 3.63) is 93.9 Å². The molecule has 2 bridgehead atoms. The average Bonchev–Trinajstić information content (AvgIpc) is 2.82. The summed E-state index contributed by atoms with van der Waals surface area (Å²) in [5.41, 5.74) is 1.82. The Kier molecular flexibility index (Phi) is 5.25. The molecule has 2 aromatic heterocycles. The van der Waals surface area contributed by atoms with Crippen LogP contribution in [0.2, 0.25) is 0 Å². The van der Waals surface area contributed by atoms with E-state index in [2.05, 4.69) is 4.98 Å². The Morgan fingerprint density at radius 1 is 1.16 bits per heavy atom. The van der Waals surface area contributed by atoms with E-state index >= 15 is 0 Å². The lowest BCUT2D eigenvalue weighted by Crippen LogP contribution is -2.51. The van der Waals surface area contributed by atoms with Crippen molar-refractivity contribution in [3.8, 4) is 5.75 Å². The summed E-state index contributed by atoms with van der Waals surface area (Å²) in [5, 5.41) is 0. The van der Waals surface area contributed by atoms with Crippen molar-refractivity contribution in [1.82, 2.24) is 14.5 Å². The van der Waals surface area contributed by atoms with Crippen molar-refractivity contribution in [2.75, 3.05) is 20.2 Å². The highest BCUT2D eigenvalue weighted by Crippen LogP contribution is 2.42. The van der Waals surface area contributed by atoms with E-state index in [0.29, 0.717) is 19.5 Å². The summed E-state index contributed by atoms with van der Waals surface area (Å²) in [5.74, 6) is -0.145. The summed E-state index contributed by atoms with van der Waals surface area (Å²) >= 11 is 0. The number of aromatic nitrogens is 2. The van der Waals surface area contributed by atoms with Gasteiger partial charge in [-0.2, -0.15) is 0 Å². The number of carbonyl (C=O) groups is 1. The lowest BCUT2D eigenvalue weighted by molar-refractivity contribution is 0.0518. The van der Waals surface area contributed by atoms with Crippen LogP contribution in [0.1, 0.15) is 40.1 Å². The van der Waals surface area contributed by atoms with Crippen LogP contribution in [-0.4, -0.2) is 40.6 Å². The van der Waals surface area contributed by atoms with E-state index in [0.717, 1.165) is 23.4 Å². The molecule has 3 aromatic rings. The Morgan fingerprint density at radius 2 is 2.00 bits per heavy atom. The van der Waals surface area contributed by atoms with Crippen molar-refractivity contribution in [2.45, 2.75) is 24.8 Å². The minimum atomic E-state index is -0.613. The summed E-state index contributed by atoms with van der Waals surface area (Å²) in [6, 6.07) is 15.8. The van der Waals surface area contributed by atoms with Gasteiger partial charge in [0.05, 0.1) is 7.11 Å². The van der Waals surface area contributed by atoms with Gasteiger partial charge in [-0.25, -0.2) is 9.37 Å². The number of likely N-dealkylation sites (tertiary alicyclic amines) is 1. The fourth-order valence-corrected chi connectivity index (χ4v) is 5.20. The highest BCUT2D eigenvalue weighted by atomic mass is 19.1. The van der Waals surface area contributed by atoms with Crippen LogP contribution in [0.5, 0.6) is 5.75 Å². The topological polar surface area (TPSA) is 64.4 Å². The van der Waals surface area contributed by atoms with Crippen LogP contribution in [-0.2, 0) is 6.42 Å². The zero-order valence-electron chi connectivity index (χ0n) is 17.8. The molecule has 5 rings (SSSR count). The Hall–Kier alpha value is -3.48. The highest BCUT2D eigenvalue weighted by Gasteiger charge is 2.42. The molecule has 0 unspecified atom stereocenters. The third-order valence-corrected chi connectivity index (χ3v) is 6.63. The summed E-state index contributed by atoms with van der Waals surface area (Å²) in [6.45, 7) is 0.904. The van der Waals surface area contributed by atoms with Gasteiger partial charge in [0.15, 0.2) is 11.5 Å². The molecule has 32 heavy (non-hydrogen) atoms. The maximum atomic E-state index is 14.2. The van der Waals surface area contributed by atoms with Gasteiger partial charge in [-0.1, -0.05) is 18.2 Å². The Bertz CT molecular complexity index is 1220. The van der Waals surface area contributed by atoms with Crippen molar-refractivity contribution < 1.29 is 13.9 Å². The number of nitrogens with zero attached hydrogens (tertiary/aromatic N) is 3. The second-order valence-corrected chi connectivity index (χ2v) is 8.52. The normalized spacial score (nSPS) is 21.7. The van der Waals surface area contributed by atoms with E-state index in [1.807, 2.05) is 34.9 Å². The molecule has 0 radical (unpaired) electrons. The summed E-state index contributed by atoms with van der Waals surface area (Å²) < 4.78 is 21.5. The van der Waals surface area contributed by atoms with E-state index in [9.17, 15) is 14.0 Å². The molecule has 0 spiro atoms. The second kappa shape index (κ2) is 8.22. The Balaban J connectivity index is 1.52. The Labute approximate surface area is 185 Å². The van der Waals surface area contributed by atoms with Gasteiger partial charge < -0.3 is 14.2 Å². The molecular formula is C25H24FN3O3. The van der Waals surface area contributed by atoms with Crippen LogP contribution >= 0.6 is 0 Å². The van der Waals surface area contributed by atoms with Gasteiger partial charge in [-0.15, -0.1) is 0 Å². The van der Waals surface area contributed by atoms with E-state index in [-0.39, 0.29) is 29.1 Å². The third-order valence-electron chi connectivity index (χ3n) is 6.63. The molecule has 1 saturated heterocycles. The van der Waals surface area contributed by atoms with Crippen LogP contribution in [0, 0.1) is 11.7 Å². The minimum absolute atomic E-state index is 0.0272. The monoisotopic (exact) mass is 433 g/mol. The number of hydrogen-bond donors (Lipinski definition) is 0. The van der Waals surface area contributed by atoms with Crippen LogP contribution in [0.4, 0.5) is 4.39 Å². The van der Waals surface area contributed by atoms with Gasteiger partial charge in [0.25, 0.3) is 11.5 Å². The number of carbonyl (C=O) groups excluding carboxylic acids is 1. The lowest BCUT2D eigenvalue weighted by Gasteiger charge is -2.47. The number of halogens is 1. The van der Waals surface area contributed by atoms with Gasteiger partial charge in [0.2, 0.25) is 0 Å². The first kappa shape index (κ1) is 20.4. The average molecular weight is 433 g/mol. The standard InChI is InChI=1S/C25H24FN3O3/c1-32-19-6-2-5-16(11-19)12-22-18-13-17(21-8-3-9-23(30)29(21)22)14-28(15-18)25(31)24-20(26)7-4-10-27-24/h2-11,17-18,22H,12-15H2,1H3/t17-,18+,22+/m1/s1. The molecule has 1 amide bonds. The molecule has 2 aliphatic rings. The van der Waals surface area contributed by atoms with Crippen molar-refractivity contribution >= 4 is 5.91 Å². The molecular weight excluding hydrogens is 409 g/mol. The molecule has 0 saturated carbocycles. The molecule has 0 N–H and O–H groups in total. The first-order valence-electron chi connectivity index (χ1n) is 10.8. The van der Waals surface area contributed by atoms with Crippen LogP contribution < -0.4 is 10.3 Å². The predicted octanol–water partition coefficient (Wildman–Crippen LogP) is 3.43. The number of benzene rings is 1. The zero-order valence-corrected chi connectivity index (χ0v) is 17.8. The summed E-state index contributed by atoms with van der Waals surface area (Å²) in [7, 11) is 1.63. The van der Waals surface area contributed by atoms with Crippen molar-refractivity contribution in [1.29, 1.82) is 0 Å². The zero-order chi connectivity index (χ0) is 22.2. The molecule has 0 aliphatic carbocycles. The quantitative estimate of drug-likeness (QED) is 0.632. The van der Waals surface area contributed by atoms with Crippen LogP contribution in [0.15, 0.2) is 65.6 Å². The molecule has 1 aromatic carbocycles. The number of fused-ring (bicyclic) bond motifs is 4. The fraction of sp³-hybridized carbons (Fsp3) is 0.320. The van der Waals surface area contributed by atoms with Crippen molar-refractivity contribution in [3.63, 3.8) is 0 Å². The first-order valence-corrected chi connectivity index (χ1v) is 10.8. The number of amides is 1. The highest BCUT2D eigenvalue weighted by molar-refractivity contribution is 5.92. The number of piperidine rings is 1. The molecule has 4 heterocycles. The molecule has 164 valence electrons. The van der Waals surface area contributed by atoms with Gasteiger partial charge in [-0.05, 0) is 54.7 Å². The molecule has 6 nitrogen and oxygen atoms in total. The Morgan fingerprint density at radius 3 is 2.81 bits per heavy atom. The third kappa shape index (κ3) is 3.57. The number of rotatable bonds is 4. The van der Waals surface area contributed by atoms with Gasteiger partial charge >= 0.3 is 0 Å². The van der Waals surface area contributed by atoms with Crippen LogP contribution in [0.3, 0.4) is 0 Å².